The van der Waals surface area contributed by atoms with E-state index in [1.807, 2.05) is 0 Å². The van der Waals surface area contributed by atoms with Crippen molar-refractivity contribution >= 4 is 28.8 Å². The average molecular weight is 390 g/mol. The van der Waals surface area contributed by atoms with Crippen molar-refractivity contribution in [2.75, 3.05) is 0 Å². The molecule has 0 saturated carbocycles. The molecule has 28 heavy (non-hydrogen) atoms. The number of carbonyl (C=O) groups excluding carboxylic acids is 2. The Bertz CT molecular complexity index is 1140. The van der Waals surface area contributed by atoms with E-state index in [0.717, 1.165) is 0 Å². The summed E-state index contributed by atoms with van der Waals surface area (Å²) in [6.07, 6.45) is 0.250. The number of imide groups is 1. The van der Waals surface area contributed by atoms with Gasteiger partial charge in [-0.25, -0.2) is 22.0 Å². The second kappa shape index (κ2) is 6.22. The summed E-state index contributed by atoms with van der Waals surface area (Å²) in [7, 11) is 0. The molecule has 140 valence electrons. The molecule has 2 amide bonds. The highest BCUT2D eigenvalue weighted by molar-refractivity contribution is 6.25. The predicted octanol–water partition coefficient (Wildman–Crippen LogP) is 4.17. The second-order valence-electron chi connectivity index (χ2n) is 5.86. The highest BCUT2D eigenvalue weighted by Gasteiger charge is 2.33. The third kappa shape index (κ3) is 2.39. The molecule has 0 bridgehead atoms. The van der Waals surface area contributed by atoms with Crippen LogP contribution in [0, 0.1) is 29.1 Å². The van der Waals surface area contributed by atoms with E-state index < -0.39 is 46.5 Å². The van der Waals surface area contributed by atoms with Gasteiger partial charge in [-0.3, -0.25) is 9.59 Å². The van der Waals surface area contributed by atoms with E-state index in [2.05, 4.69) is 5.10 Å². The van der Waals surface area contributed by atoms with Gasteiger partial charge in [-0.2, -0.15) is 10.1 Å². The third-order valence-electron chi connectivity index (χ3n) is 4.30. The number of hydrogen-bond acceptors (Lipinski definition) is 3. The van der Waals surface area contributed by atoms with Gasteiger partial charge in [-0.15, -0.1) is 0 Å². The van der Waals surface area contributed by atoms with Crippen molar-refractivity contribution in [2.24, 2.45) is 5.10 Å². The van der Waals surface area contributed by atoms with Crippen molar-refractivity contribution < 1.29 is 31.5 Å². The minimum Gasteiger partial charge on any atom is -0.267 e. The Kier molecular flexibility index (Phi) is 3.95. The van der Waals surface area contributed by atoms with Gasteiger partial charge in [0.1, 0.15) is 0 Å². The number of benzene rings is 3. The smallest absolute Gasteiger partial charge is 0.267 e. The van der Waals surface area contributed by atoms with Crippen molar-refractivity contribution in [1.82, 2.24) is 5.01 Å². The molecule has 0 atom stereocenters. The summed E-state index contributed by atoms with van der Waals surface area (Å²) in [6, 6.07) is 9.39. The number of halogens is 5. The summed E-state index contributed by atoms with van der Waals surface area (Å²) in [5.74, 6) is -12.7. The largest absolute Gasteiger partial charge is 0.282 e. The second-order valence-corrected chi connectivity index (χ2v) is 5.86. The van der Waals surface area contributed by atoms with Gasteiger partial charge in [0.05, 0.1) is 22.9 Å². The van der Waals surface area contributed by atoms with Crippen LogP contribution in [-0.2, 0) is 0 Å². The third-order valence-corrected chi connectivity index (χ3v) is 4.30. The Labute approximate surface area is 153 Å². The number of rotatable bonds is 2. The lowest BCUT2D eigenvalue weighted by molar-refractivity contribution is 0.0616. The fraction of sp³-hybridized carbons (Fsp3) is 0. The summed E-state index contributed by atoms with van der Waals surface area (Å²) in [5, 5.41) is 4.74. The zero-order valence-electron chi connectivity index (χ0n) is 13.6. The van der Waals surface area contributed by atoms with Crippen molar-refractivity contribution in [2.45, 2.75) is 0 Å². The lowest BCUT2D eigenvalue weighted by atomic mass is 9.95. The van der Waals surface area contributed by atoms with E-state index >= 15 is 0 Å². The number of hydrogen-bond donors (Lipinski definition) is 0. The van der Waals surface area contributed by atoms with Gasteiger partial charge in [0.25, 0.3) is 11.8 Å². The number of amides is 2. The standard InChI is InChI=1S/C19H7F5N2O2/c20-13-11(14(21)16(23)17(24)15(13)22)7-25-26-18(27)9-5-1-3-8-4-2-6-10(12(8)9)19(26)28/h1-7H. The number of nitrogens with zero attached hydrogens (tertiary/aromatic N) is 2. The monoisotopic (exact) mass is 390 g/mol. The molecule has 0 aliphatic carbocycles. The number of hydrazone groups is 1. The van der Waals surface area contributed by atoms with Crippen molar-refractivity contribution in [1.29, 1.82) is 0 Å². The van der Waals surface area contributed by atoms with Gasteiger partial charge in [0, 0.05) is 5.39 Å². The van der Waals surface area contributed by atoms with Gasteiger partial charge >= 0.3 is 0 Å². The summed E-state index contributed by atoms with van der Waals surface area (Å²) in [5.41, 5.74) is -1.14. The maximum atomic E-state index is 13.8. The van der Waals surface area contributed by atoms with Crippen molar-refractivity contribution in [3.8, 4) is 0 Å². The Morgan fingerprint density at radius 2 is 1.18 bits per heavy atom. The fourth-order valence-electron chi connectivity index (χ4n) is 2.97. The molecule has 1 heterocycles. The van der Waals surface area contributed by atoms with Gasteiger partial charge in [-0.05, 0) is 17.5 Å². The Morgan fingerprint density at radius 1 is 0.714 bits per heavy atom. The normalized spacial score (nSPS) is 13.8. The van der Waals surface area contributed by atoms with Gasteiger partial charge in [-0.1, -0.05) is 24.3 Å². The lowest BCUT2D eigenvalue weighted by Gasteiger charge is -2.23. The Hall–Kier alpha value is -3.62. The summed E-state index contributed by atoms with van der Waals surface area (Å²) in [6.45, 7) is 0. The predicted molar refractivity (Wildman–Crippen MR) is 88.3 cm³/mol. The molecule has 4 rings (SSSR count). The van der Waals surface area contributed by atoms with Crippen LogP contribution in [-0.4, -0.2) is 23.0 Å². The molecule has 0 saturated heterocycles. The van der Waals surface area contributed by atoms with Crippen LogP contribution in [0.4, 0.5) is 22.0 Å². The number of carbonyl (C=O) groups is 2. The maximum absolute atomic E-state index is 13.8. The molecule has 4 nitrogen and oxygen atoms in total. The first kappa shape index (κ1) is 17.8. The molecule has 0 N–H and O–H groups in total. The highest BCUT2D eigenvalue weighted by atomic mass is 19.2. The Morgan fingerprint density at radius 3 is 1.68 bits per heavy atom. The van der Waals surface area contributed by atoms with Crippen LogP contribution < -0.4 is 0 Å². The molecule has 3 aromatic rings. The molecular formula is C19H7F5N2O2. The van der Waals surface area contributed by atoms with Gasteiger partial charge < -0.3 is 0 Å². The average Bonchev–Trinajstić information content (AvgIpc) is 2.71. The molecule has 1 aliphatic rings. The Balaban J connectivity index is 1.83. The van der Waals surface area contributed by atoms with Crippen LogP contribution in [0.5, 0.6) is 0 Å². The molecule has 0 unspecified atom stereocenters. The molecule has 0 aromatic heterocycles. The van der Waals surface area contributed by atoms with Crippen LogP contribution in [0.15, 0.2) is 41.5 Å². The van der Waals surface area contributed by atoms with Crippen LogP contribution in [0.1, 0.15) is 26.3 Å². The molecule has 0 spiro atoms. The first-order valence-corrected chi connectivity index (χ1v) is 7.79. The van der Waals surface area contributed by atoms with E-state index in [1.165, 1.54) is 12.1 Å². The molecule has 9 heteroatoms. The van der Waals surface area contributed by atoms with E-state index in [-0.39, 0.29) is 17.3 Å². The summed E-state index contributed by atoms with van der Waals surface area (Å²) in [4.78, 5) is 25.2. The topological polar surface area (TPSA) is 49.7 Å². The lowest BCUT2D eigenvalue weighted by Crippen LogP contribution is -2.36. The van der Waals surface area contributed by atoms with Crippen LogP contribution in [0.25, 0.3) is 10.8 Å². The summed E-state index contributed by atoms with van der Waals surface area (Å²) < 4.78 is 67.3. The first-order chi connectivity index (χ1) is 13.3. The van der Waals surface area contributed by atoms with E-state index in [1.54, 1.807) is 24.3 Å². The maximum Gasteiger partial charge on any atom is 0.282 e. The van der Waals surface area contributed by atoms with E-state index in [9.17, 15) is 31.5 Å². The first-order valence-electron chi connectivity index (χ1n) is 7.79. The fourth-order valence-corrected chi connectivity index (χ4v) is 2.97. The van der Waals surface area contributed by atoms with E-state index in [4.69, 9.17) is 0 Å². The van der Waals surface area contributed by atoms with Crippen LogP contribution in [0.2, 0.25) is 0 Å². The molecular weight excluding hydrogens is 383 g/mol. The highest BCUT2D eigenvalue weighted by Crippen LogP contribution is 2.30. The van der Waals surface area contributed by atoms with Gasteiger partial charge in [0.2, 0.25) is 5.82 Å². The zero-order valence-corrected chi connectivity index (χ0v) is 13.6. The molecule has 1 aliphatic heterocycles. The van der Waals surface area contributed by atoms with Gasteiger partial charge in [0.15, 0.2) is 23.3 Å². The van der Waals surface area contributed by atoms with Crippen LogP contribution in [0.3, 0.4) is 0 Å². The van der Waals surface area contributed by atoms with Crippen molar-refractivity contribution in [3.63, 3.8) is 0 Å². The minimum absolute atomic E-state index is 0.113. The molecule has 3 aromatic carbocycles. The van der Waals surface area contributed by atoms with Crippen molar-refractivity contribution in [3.05, 3.63) is 82.2 Å². The van der Waals surface area contributed by atoms with Crippen LogP contribution >= 0.6 is 0 Å². The minimum atomic E-state index is -2.32. The van der Waals surface area contributed by atoms with E-state index in [0.29, 0.717) is 15.8 Å². The molecule has 0 radical (unpaired) electrons. The quantitative estimate of drug-likeness (QED) is 0.217. The summed E-state index contributed by atoms with van der Waals surface area (Å²) >= 11 is 0. The SMILES string of the molecule is O=C1c2cccc3cccc(c23)C(=O)N1N=Cc1c(F)c(F)c(F)c(F)c1F. The zero-order chi connectivity index (χ0) is 20.2. The molecule has 0 fully saturated rings.